The lowest BCUT2D eigenvalue weighted by molar-refractivity contribution is 0.237. The quantitative estimate of drug-likeness (QED) is 0.704. The van der Waals surface area contributed by atoms with E-state index < -0.39 is 0 Å². The maximum atomic E-state index is 5.98. The predicted molar refractivity (Wildman–Crippen MR) is 105 cm³/mol. The molecule has 0 unspecified atom stereocenters. The maximum Gasteiger partial charge on any atom is 0.236 e. The van der Waals surface area contributed by atoms with E-state index in [1.165, 1.54) is 0 Å². The van der Waals surface area contributed by atoms with Gasteiger partial charge in [0.05, 0.1) is 11.7 Å². The van der Waals surface area contributed by atoms with Crippen molar-refractivity contribution in [2.45, 2.75) is 40.7 Å². The number of benzene rings is 2. The van der Waals surface area contributed by atoms with Crippen LogP contribution in [0.4, 0.5) is 5.69 Å². The molecule has 0 aliphatic carbocycles. The molecule has 0 fully saturated rings. The molecule has 3 heteroatoms. The predicted octanol–water partition coefficient (Wildman–Crippen LogP) is 5.27. The Morgan fingerprint density at radius 1 is 1.00 bits per heavy atom. The highest BCUT2D eigenvalue weighted by molar-refractivity contribution is 6.46. The molecule has 2 aromatic rings. The highest BCUT2D eigenvalue weighted by Crippen LogP contribution is 2.29. The zero-order valence-corrected chi connectivity index (χ0v) is 15.7. The molecule has 1 aliphatic heterocycles. The molecule has 2 aromatic carbocycles. The Hall–Kier alpha value is -2.42. The lowest BCUT2D eigenvalue weighted by atomic mass is 9.88. The fraction of sp³-hybridized carbons (Fsp3) is 0.364. The van der Waals surface area contributed by atoms with Gasteiger partial charge in [-0.1, -0.05) is 69.3 Å². The molecule has 1 aliphatic rings. The van der Waals surface area contributed by atoms with Crippen LogP contribution in [0, 0.1) is 19.3 Å². The molecule has 0 saturated carbocycles. The Bertz CT molecular complexity index is 793. The van der Waals surface area contributed by atoms with Crippen molar-refractivity contribution in [2.75, 3.05) is 6.61 Å². The smallest absolute Gasteiger partial charge is 0.236 e. The molecule has 0 bridgehead atoms. The first-order valence-corrected chi connectivity index (χ1v) is 8.77. The van der Waals surface area contributed by atoms with Crippen LogP contribution in [0.5, 0.6) is 0 Å². The van der Waals surface area contributed by atoms with Crippen LogP contribution >= 0.6 is 0 Å². The Morgan fingerprint density at radius 2 is 1.64 bits per heavy atom. The SMILES string of the molecule is Cc1cccc(C)c1N=C(C1=N[C@@H](C(C)(C)C)CO1)c1ccccc1. The van der Waals surface area contributed by atoms with Crippen molar-refractivity contribution < 1.29 is 4.74 Å². The summed E-state index contributed by atoms with van der Waals surface area (Å²) in [5.41, 5.74) is 5.20. The molecule has 0 N–H and O–H groups in total. The lowest BCUT2D eigenvalue weighted by Gasteiger charge is -2.21. The van der Waals surface area contributed by atoms with Crippen molar-refractivity contribution in [3.05, 3.63) is 65.2 Å². The summed E-state index contributed by atoms with van der Waals surface area (Å²) in [5, 5.41) is 0. The van der Waals surface area contributed by atoms with Crippen LogP contribution in [-0.2, 0) is 4.74 Å². The molecule has 0 spiro atoms. The van der Waals surface area contributed by atoms with Gasteiger partial charge in [-0.25, -0.2) is 9.98 Å². The van der Waals surface area contributed by atoms with Crippen LogP contribution in [0.1, 0.15) is 37.5 Å². The van der Waals surface area contributed by atoms with Gasteiger partial charge in [0, 0.05) is 5.56 Å². The molecule has 0 radical (unpaired) electrons. The van der Waals surface area contributed by atoms with Crippen LogP contribution < -0.4 is 0 Å². The van der Waals surface area contributed by atoms with Gasteiger partial charge in [0.25, 0.3) is 0 Å². The molecule has 0 saturated heterocycles. The van der Waals surface area contributed by atoms with Gasteiger partial charge in [-0.3, -0.25) is 0 Å². The third-order valence-electron chi connectivity index (χ3n) is 4.56. The molecule has 25 heavy (non-hydrogen) atoms. The average molecular weight is 334 g/mol. The van der Waals surface area contributed by atoms with E-state index in [-0.39, 0.29) is 11.5 Å². The minimum absolute atomic E-state index is 0.0716. The molecule has 1 heterocycles. The summed E-state index contributed by atoms with van der Waals surface area (Å²) in [4.78, 5) is 9.84. The second-order valence-electron chi connectivity index (χ2n) is 7.69. The number of hydrogen-bond donors (Lipinski definition) is 0. The van der Waals surface area contributed by atoms with E-state index in [1.807, 2.05) is 18.2 Å². The van der Waals surface area contributed by atoms with Crippen molar-refractivity contribution in [2.24, 2.45) is 15.4 Å². The van der Waals surface area contributed by atoms with Crippen molar-refractivity contribution in [1.82, 2.24) is 0 Å². The summed E-state index contributed by atoms with van der Waals surface area (Å²) in [6, 6.07) is 16.5. The number of hydrogen-bond acceptors (Lipinski definition) is 3. The second-order valence-corrected chi connectivity index (χ2v) is 7.69. The monoisotopic (exact) mass is 334 g/mol. The molecule has 1 atom stereocenters. The van der Waals surface area contributed by atoms with Crippen LogP contribution in [-0.4, -0.2) is 24.3 Å². The van der Waals surface area contributed by atoms with Gasteiger partial charge in [0.2, 0.25) is 5.90 Å². The number of aliphatic imine (C=N–C) groups is 2. The topological polar surface area (TPSA) is 34.0 Å². The number of para-hydroxylation sites is 1. The van der Waals surface area contributed by atoms with Crippen LogP contribution in [0.3, 0.4) is 0 Å². The first-order chi connectivity index (χ1) is 11.9. The zero-order valence-electron chi connectivity index (χ0n) is 15.7. The average Bonchev–Trinajstić information content (AvgIpc) is 3.05. The summed E-state index contributed by atoms with van der Waals surface area (Å²) >= 11 is 0. The summed E-state index contributed by atoms with van der Waals surface area (Å²) in [6.45, 7) is 11.4. The molecule has 0 amide bonds. The van der Waals surface area contributed by atoms with Gasteiger partial charge in [0.15, 0.2) is 0 Å². The van der Waals surface area contributed by atoms with E-state index in [0.717, 1.165) is 28.1 Å². The summed E-state index contributed by atoms with van der Waals surface area (Å²) in [5.74, 6) is 0.647. The van der Waals surface area contributed by atoms with Crippen molar-refractivity contribution in [3.8, 4) is 0 Å². The highest BCUT2D eigenvalue weighted by atomic mass is 16.5. The van der Waals surface area contributed by atoms with E-state index in [0.29, 0.717) is 12.5 Å². The first kappa shape index (κ1) is 17.4. The van der Waals surface area contributed by atoms with Crippen LogP contribution in [0.25, 0.3) is 0 Å². The Morgan fingerprint density at radius 3 is 2.20 bits per heavy atom. The van der Waals surface area contributed by atoms with Crippen LogP contribution in [0.15, 0.2) is 58.5 Å². The Balaban J connectivity index is 2.11. The highest BCUT2D eigenvalue weighted by Gasteiger charge is 2.32. The molecular weight excluding hydrogens is 308 g/mol. The van der Waals surface area contributed by atoms with Crippen molar-refractivity contribution in [1.29, 1.82) is 0 Å². The van der Waals surface area contributed by atoms with Gasteiger partial charge in [-0.15, -0.1) is 0 Å². The lowest BCUT2D eigenvalue weighted by Crippen LogP contribution is -2.25. The second kappa shape index (κ2) is 6.83. The fourth-order valence-electron chi connectivity index (χ4n) is 2.87. The third kappa shape index (κ3) is 3.81. The Labute approximate surface area is 150 Å². The zero-order chi connectivity index (χ0) is 18.0. The van der Waals surface area contributed by atoms with Crippen molar-refractivity contribution >= 4 is 17.3 Å². The van der Waals surface area contributed by atoms with Gasteiger partial charge < -0.3 is 4.74 Å². The largest absolute Gasteiger partial charge is 0.474 e. The number of aryl methyl sites for hydroxylation is 2. The summed E-state index contributed by atoms with van der Waals surface area (Å²) in [7, 11) is 0. The molecule has 3 rings (SSSR count). The van der Waals surface area contributed by atoms with E-state index in [9.17, 15) is 0 Å². The van der Waals surface area contributed by atoms with E-state index >= 15 is 0 Å². The molecule has 3 nitrogen and oxygen atoms in total. The Kier molecular flexibility index (Phi) is 4.76. The van der Waals surface area contributed by atoms with E-state index in [2.05, 4.69) is 65.0 Å². The molecule has 0 aromatic heterocycles. The summed E-state index contributed by atoms with van der Waals surface area (Å²) < 4.78 is 5.98. The van der Waals surface area contributed by atoms with Crippen molar-refractivity contribution in [3.63, 3.8) is 0 Å². The van der Waals surface area contributed by atoms with E-state index in [1.54, 1.807) is 0 Å². The first-order valence-electron chi connectivity index (χ1n) is 8.77. The number of rotatable bonds is 3. The van der Waals surface area contributed by atoms with Gasteiger partial charge in [-0.2, -0.15) is 0 Å². The standard InChI is InChI=1S/C22H26N2O/c1-15-10-9-11-16(2)19(15)24-20(17-12-7-6-8-13-17)21-23-18(14-25-21)22(3,4)5/h6-13,18H,14H2,1-5H3/t18-/m1/s1. The summed E-state index contributed by atoms with van der Waals surface area (Å²) in [6.07, 6.45) is 0. The minimum atomic E-state index is 0.0716. The third-order valence-corrected chi connectivity index (χ3v) is 4.56. The molecule has 130 valence electrons. The maximum absolute atomic E-state index is 5.98. The minimum Gasteiger partial charge on any atom is -0.474 e. The number of nitrogens with zero attached hydrogens (tertiary/aromatic N) is 2. The van der Waals surface area contributed by atoms with Gasteiger partial charge in [0.1, 0.15) is 12.3 Å². The van der Waals surface area contributed by atoms with Gasteiger partial charge >= 0.3 is 0 Å². The molecular formula is C22H26N2O. The van der Waals surface area contributed by atoms with E-state index in [4.69, 9.17) is 14.7 Å². The normalized spacial score (nSPS) is 18.0. The number of ether oxygens (including phenoxy) is 1. The van der Waals surface area contributed by atoms with Crippen LogP contribution in [0.2, 0.25) is 0 Å². The van der Waals surface area contributed by atoms with Gasteiger partial charge in [-0.05, 0) is 30.4 Å². The fourth-order valence-corrected chi connectivity index (χ4v) is 2.87.